The number of hydrogen-bond acceptors (Lipinski definition) is 3. The third-order valence-corrected chi connectivity index (χ3v) is 4.77. The van der Waals surface area contributed by atoms with E-state index in [0.717, 1.165) is 13.1 Å². The second-order valence-electron chi connectivity index (χ2n) is 5.90. The number of hydrogen-bond donors (Lipinski definition) is 1. The third-order valence-electron chi connectivity index (χ3n) is 4.77. The Bertz CT molecular complexity index is 426. The highest BCUT2D eigenvalue weighted by Crippen LogP contribution is 2.33. The molecule has 19 heavy (non-hydrogen) atoms. The van der Waals surface area contributed by atoms with Crippen LogP contribution < -0.4 is 5.32 Å². The molecule has 1 saturated heterocycles. The molecule has 2 aliphatic rings. The van der Waals surface area contributed by atoms with E-state index in [1.54, 1.807) is 11.1 Å². The summed E-state index contributed by atoms with van der Waals surface area (Å²) in [6.07, 6.45) is 1.19. The van der Waals surface area contributed by atoms with Gasteiger partial charge in [0.2, 0.25) is 0 Å². The van der Waals surface area contributed by atoms with Gasteiger partial charge in [-0.2, -0.15) is 0 Å². The Morgan fingerprint density at radius 2 is 1.89 bits per heavy atom. The highest BCUT2D eigenvalue weighted by molar-refractivity contribution is 5.33. The minimum atomic E-state index is 0.544. The average molecular weight is 259 g/mol. The topological polar surface area (TPSA) is 18.5 Å². The van der Waals surface area contributed by atoms with E-state index < -0.39 is 0 Å². The highest BCUT2D eigenvalue weighted by Gasteiger charge is 2.32. The van der Waals surface area contributed by atoms with Crippen LogP contribution in [0.15, 0.2) is 24.3 Å². The summed E-state index contributed by atoms with van der Waals surface area (Å²) in [4.78, 5) is 5.18. The van der Waals surface area contributed by atoms with Gasteiger partial charge in [-0.1, -0.05) is 24.3 Å². The van der Waals surface area contributed by atoms with Crippen molar-refractivity contribution in [2.24, 2.45) is 0 Å². The van der Waals surface area contributed by atoms with Crippen molar-refractivity contribution in [1.29, 1.82) is 0 Å². The summed E-state index contributed by atoms with van der Waals surface area (Å²) in [5.41, 5.74) is 3.09. The predicted octanol–water partition coefficient (Wildman–Crippen LogP) is 1.51. The molecule has 1 aromatic rings. The normalized spacial score (nSPS) is 26.9. The van der Waals surface area contributed by atoms with Gasteiger partial charge in [0.25, 0.3) is 0 Å². The molecule has 0 spiro atoms. The second-order valence-corrected chi connectivity index (χ2v) is 5.90. The van der Waals surface area contributed by atoms with Crippen molar-refractivity contribution in [3.05, 3.63) is 35.4 Å². The van der Waals surface area contributed by atoms with Crippen molar-refractivity contribution in [2.45, 2.75) is 25.4 Å². The molecule has 104 valence electrons. The quantitative estimate of drug-likeness (QED) is 0.868. The molecule has 2 unspecified atom stereocenters. The minimum absolute atomic E-state index is 0.544. The van der Waals surface area contributed by atoms with Crippen LogP contribution in [0.1, 0.15) is 24.1 Å². The van der Waals surface area contributed by atoms with Gasteiger partial charge in [0.15, 0.2) is 0 Å². The Morgan fingerprint density at radius 3 is 2.68 bits per heavy atom. The maximum absolute atomic E-state index is 3.45. The largest absolute Gasteiger partial charge is 0.314 e. The Balaban J connectivity index is 1.85. The van der Waals surface area contributed by atoms with Crippen molar-refractivity contribution < 1.29 is 0 Å². The van der Waals surface area contributed by atoms with Gasteiger partial charge >= 0.3 is 0 Å². The molecule has 3 heteroatoms. The summed E-state index contributed by atoms with van der Waals surface area (Å²) >= 11 is 0. The van der Waals surface area contributed by atoms with Gasteiger partial charge in [0.05, 0.1) is 6.04 Å². The van der Waals surface area contributed by atoms with E-state index in [0.29, 0.717) is 12.1 Å². The van der Waals surface area contributed by atoms with Crippen LogP contribution in [0.2, 0.25) is 0 Å². The summed E-state index contributed by atoms with van der Waals surface area (Å²) in [7, 11) is 2.28. The molecule has 0 aromatic heterocycles. The molecule has 0 radical (unpaired) electrons. The number of benzene rings is 1. The molecule has 1 fully saturated rings. The smallest absolute Gasteiger partial charge is 0.0500 e. The molecule has 2 aliphatic heterocycles. The number of fused-ring (bicyclic) bond motifs is 1. The lowest BCUT2D eigenvalue weighted by Gasteiger charge is -2.44. The standard InChI is InChI=1S/C16H25N3/c1-13(19-11-8-17-9-12-19)16-15-6-4-3-5-14(15)7-10-18(16)2/h3-6,13,16-17H,7-12H2,1-2H3. The molecular formula is C16H25N3. The predicted molar refractivity (Wildman–Crippen MR) is 79.4 cm³/mol. The lowest BCUT2D eigenvalue weighted by Crippen LogP contribution is -2.52. The van der Waals surface area contributed by atoms with Crippen LogP contribution in [0.3, 0.4) is 0 Å². The van der Waals surface area contributed by atoms with E-state index in [4.69, 9.17) is 0 Å². The lowest BCUT2D eigenvalue weighted by atomic mass is 9.88. The number of nitrogens with one attached hydrogen (secondary N) is 1. The number of rotatable bonds is 2. The van der Waals surface area contributed by atoms with Gasteiger partial charge in [0, 0.05) is 38.8 Å². The third kappa shape index (κ3) is 2.55. The number of likely N-dealkylation sites (N-methyl/N-ethyl adjacent to an activating group) is 1. The van der Waals surface area contributed by atoms with Crippen LogP contribution in [0, 0.1) is 0 Å². The van der Waals surface area contributed by atoms with E-state index in [-0.39, 0.29) is 0 Å². The van der Waals surface area contributed by atoms with Crippen LogP contribution >= 0.6 is 0 Å². The van der Waals surface area contributed by atoms with Crippen molar-refractivity contribution in [3.8, 4) is 0 Å². The molecule has 3 nitrogen and oxygen atoms in total. The zero-order valence-corrected chi connectivity index (χ0v) is 12.1. The zero-order valence-electron chi connectivity index (χ0n) is 12.1. The van der Waals surface area contributed by atoms with Crippen LogP contribution in [0.4, 0.5) is 0 Å². The first-order valence-corrected chi connectivity index (χ1v) is 7.50. The van der Waals surface area contributed by atoms with Crippen molar-refractivity contribution in [1.82, 2.24) is 15.1 Å². The zero-order chi connectivity index (χ0) is 13.2. The van der Waals surface area contributed by atoms with Crippen LogP contribution in [0.25, 0.3) is 0 Å². The van der Waals surface area contributed by atoms with E-state index >= 15 is 0 Å². The lowest BCUT2D eigenvalue weighted by molar-refractivity contribution is 0.0869. The van der Waals surface area contributed by atoms with E-state index in [1.165, 1.54) is 26.1 Å². The molecular weight excluding hydrogens is 234 g/mol. The monoisotopic (exact) mass is 259 g/mol. The van der Waals surface area contributed by atoms with Gasteiger partial charge in [-0.3, -0.25) is 9.80 Å². The summed E-state index contributed by atoms with van der Waals surface area (Å²) in [6, 6.07) is 10.1. The van der Waals surface area contributed by atoms with Crippen LogP contribution in [-0.4, -0.2) is 55.6 Å². The fourth-order valence-corrected chi connectivity index (χ4v) is 3.64. The van der Waals surface area contributed by atoms with Gasteiger partial charge in [0.1, 0.15) is 0 Å². The first kappa shape index (κ1) is 13.1. The van der Waals surface area contributed by atoms with Gasteiger partial charge in [-0.05, 0) is 31.5 Å². The Hall–Kier alpha value is -0.900. The molecule has 0 amide bonds. The molecule has 0 aliphatic carbocycles. The van der Waals surface area contributed by atoms with Crippen molar-refractivity contribution >= 4 is 0 Å². The fraction of sp³-hybridized carbons (Fsp3) is 0.625. The SMILES string of the molecule is CC(C1c2ccccc2CCN1C)N1CCNCC1. The Morgan fingerprint density at radius 1 is 1.16 bits per heavy atom. The fourth-order valence-electron chi connectivity index (χ4n) is 3.64. The molecule has 2 atom stereocenters. The van der Waals surface area contributed by atoms with Gasteiger partial charge < -0.3 is 5.32 Å². The first-order chi connectivity index (χ1) is 9.27. The second kappa shape index (κ2) is 5.61. The van der Waals surface area contributed by atoms with Crippen molar-refractivity contribution in [3.63, 3.8) is 0 Å². The van der Waals surface area contributed by atoms with E-state index in [2.05, 4.69) is 53.4 Å². The molecule has 0 bridgehead atoms. The van der Waals surface area contributed by atoms with Crippen molar-refractivity contribution in [2.75, 3.05) is 39.8 Å². The molecule has 1 N–H and O–H groups in total. The summed E-state index contributed by atoms with van der Waals surface area (Å²) < 4.78 is 0. The summed E-state index contributed by atoms with van der Waals surface area (Å²) in [5.74, 6) is 0. The average Bonchev–Trinajstić information content (AvgIpc) is 2.47. The van der Waals surface area contributed by atoms with Gasteiger partial charge in [-0.25, -0.2) is 0 Å². The Labute approximate surface area is 116 Å². The Kier molecular flexibility index (Phi) is 3.87. The summed E-state index contributed by atoms with van der Waals surface area (Å²) in [6.45, 7) is 8.18. The first-order valence-electron chi connectivity index (χ1n) is 7.50. The molecule has 2 heterocycles. The maximum Gasteiger partial charge on any atom is 0.0500 e. The van der Waals surface area contributed by atoms with Crippen LogP contribution in [0.5, 0.6) is 0 Å². The van der Waals surface area contributed by atoms with Crippen LogP contribution in [-0.2, 0) is 6.42 Å². The van der Waals surface area contributed by atoms with E-state index in [9.17, 15) is 0 Å². The highest BCUT2D eigenvalue weighted by atomic mass is 15.3. The number of piperazine rings is 1. The molecule has 3 rings (SSSR count). The molecule has 1 aromatic carbocycles. The summed E-state index contributed by atoms with van der Waals surface area (Å²) in [5, 5.41) is 3.45. The maximum atomic E-state index is 3.45. The van der Waals surface area contributed by atoms with E-state index in [1.807, 2.05) is 0 Å². The minimum Gasteiger partial charge on any atom is -0.314 e. The number of nitrogens with zero attached hydrogens (tertiary/aromatic N) is 2. The molecule has 0 saturated carbocycles. The van der Waals surface area contributed by atoms with Gasteiger partial charge in [-0.15, -0.1) is 0 Å².